The topological polar surface area (TPSA) is 101 Å². The number of nitrogens with zero attached hydrogens (tertiary/aromatic N) is 4. The van der Waals surface area contributed by atoms with Gasteiger partial charge in [0.2, 0.25) is 5.91 Å². The van der Waals surface area contributed by atoms with Gasteiger partial charge in [-0.15, -0.1) is 0 Å². The Labute approximate surface area is 174 Å². The van der Waals surface area contributed by atoms with E-state index in [-0.39, 0.29) is 18.0 Å². The number of aromatic amines is 1. The summed E-state index contributed by atoms with van der Waals surface area (Å²) in [7, 11) is 0. The number of carbonyl (C=O) groups is 1. The molecule has 0 fully saturated rings. The Balaban J connectivity index is 1.41. The fraction of sp³-hybridized carbons (Fsp3) is 0.318. The van der Waals surface area contributed by atoms with Gasteiger partial charge in [-0.05, 0) is 31.0 Å². The van der Waals surface area contributed by atoms with E-state index in [1.165, 1.54) is 0 Å². The lowest BCUT2D eigenvalue weighted by Gasteiger charge is -2.28. The van der Waals surface area contributed by atoms with E-state index >= 15 is 0 Å². The van der Waals surface area contributed by atoms with Crippen LogP contribution in [0.5, 0.6) is 5.75 Å². The van der Waals surface area contributed by atoms with Crippen LogP contribution < -0.4 is 10.3 Å². The van der Waals surface area contributed by atoms with E-state index in [4.69, 9.17) is 4.74 Å². The number of aryl methyl sites for hydroxylation is 1. The Hall–Kier alpha value is -3.55. The lowest BCUT2D eigenvalue weighted by Crippen LogP contribution is -2.39. The van der Waals surface area contributed by atoms with Gasteiger partial charge in [-0.1, -0.05) is 12.1 Å². The molecule has 0 bridgehead atoms. The summed E-state index contributed by atoms with van der Waals surface area (Å²) >= 11 is 0. The number of H-pyrrole nitrogens is 1. The number of nitrogens with one attached hydrogen (secondary N) is 1. The van der Waals surface area contributed by atoms with Gasteiger partial charge in [0.15, 0.2) is 5.82 Å². The standard InChI is InChI=1S/C22H23N5O3/c1-2-30-16-6-3-15(4-7-16)5-8-20(28)27-12-9-18-17(14-27)22(29)26-21(25-18)19-13-23-10-11-24-19/h3-4,6-7,10-11,13H,2,5,8-9,12,14H2,1H3,(H,25,26,29). The number of hydrogen-bond acceptors (Lipinski definition) is 6. The summed E-state index contributed by atoms with van der Waals surface area (Å²) in [5.74, 6) is 1.27. The molecule has 0 unspecified atom stereocenters. The first kappa shape index (κ1) is 19.8. The largest absolute Gasteiger partial charge is 0.494 e. The van der Waals surface area contributed by atoms with Gasteiger partial charge in [0.25, 0.3) is 5.56 Å². The minimum atomic E-state index is -0.232. The minimum absolute atomic E-state index is 0.0342. The van der Waals surface area contributed by atoms with Gasteiger partial charge in [0, 0.05) is 31.8 Å². The maximum absolute atomic E-state index is 12.7. The van der Waals surface area contributed by atoms with Crippen molar-refractivity contribution in [1.82, 2.24) is 24.8 Å². The molecule has 0 aliphatic carbocycles. The lowest BCUT2D eigenvalue weighted by atomic mass is 10.0. The highest BCUT2D eigenvalue weighted by atomic mass is 16.5. The van der Waals surface area contributed by atoms with Crippen molar-refractivity contribution >= 4 is 5.91 Å². The monoisotopic (exact) mass is 405 g/mol. The smallest absolute Gasteiger partial charge is 0.256 e. The molecule has 0 saturated heterocycles. The minimum Gasteiger partial charge on any atom is -0.494 e. The molecule has 1 N–H and O–H groups in total. The van der Waals surface area contributed by atoms with Crippen LogP contribution in [0.15, 0.2) is 47.7 Å². The van der Waals surface area contributed by atoms with Gasteiger partial charge < -0.3 is 14.6 Å². The molecular formula is C22H23N5O3. The van der Waals surface area contributed by atoms with Crippen molar-refractivity contribution in [2.45, 2.75) is 32.7 Å². The van der Waals surface area contributed by atoms with E-state index in [0.29, 0.717) is 49.5 Å². The third-order valence-corrected chi connectivity index (χ3v) is 5.09. The summed E-state index contributed by atoms with van der Waals surface area (Å²) < 4.78 is 5.44. The van der Waals surface area contributed by atoms with Crippen LogP contribution in [-0.4, -0.2) is 43.9 Å². The Bertz CT molecular complexity index is 1080. The van der Waals surface area contributed by atoms with Crippen LogP contribution in [0.3, 0.4) is 0 Å². The van der Waals surface area contributed by atoms with E-state index in [1.54, 1.807) is 23.5 Å². The van der Waals surface area contributed by atoms with Gasteiger partial charge in [-0.25, -0.2) is 9.97 Å². The van der Waals surface area contributed by atoms with Crippen LogP contribution in [0.1, 0.15) is 30.2 Å². The molecule has 1 aliphatic heterocycles. The van der Waals surface area contributed by atoms with Crippen LogP contribution >= 0.6 is 0 Å². The maximum Gasteiger partial charge on any atom is 0.256 e. The zero-order valence-electron chi connectivity index (χ0n) is 16.8. The quantitative estimate of drug-likeness (QED) is 0.674. The number of amides is 1. The SMILES string of the molecule is CCOc1ccc(CCC(=O)N2CCc3nc(-c4cnccn4)[nH]c(=O)c3C2)cc1. The zero-order valence-corrected chi connectivity index (χ0v) is 16.8. The van der Waals surface area contributed by atoms with Gasteiger partial charge in [-0.2, -0.15) is 0 Å². The van der Waals surface area contributed by atoms with Gasteiger partial charge in [0.05, 0.1) is 30.6 Å². The molecule has 0 atom stereocenters. The van der Waals surface area contributed by atoms with Crippen molar-refractivity contribution in [2.75, 3.05) is 13.2 Å². The third kappa shape index (κ3) is 4.37. The van der Waals surface area contributed by atoms with E-state index in [9.17, 15) is 9.59 Å². The molecule has 2 aromatic heterocycles. The molecule has 3 heterocycles. The van der Waals surface area contributed by atoms with E-state index in [2.05, 4.69) is 19.9 Å². The van der Waals surface area contributed by atoms with Gasteiger partial charge in [0.1, 0.15) is 11.4 Å². The molecule has 30 heavy (non-hydrogen) atoms. The second-order valence-corrected chi connectivity index (χ2v) is 7.07. The molecule has 1 amide bonds. The molecule has 1 aliphatic rings. The van der Waals surface area contributed by atoms with Crippen molar-refractivity contribution in [1.29, 1.82) is 0 Å². The first-order valence-electron chi connectivity index (χ1n) is 10.0. The molecule has 4 rings (SSSR count). The second kappa shape index (κ2) is 8.86. The summed E-state index contributed by atoms with van der Waals surface area (Å²) in [5, 5.41) is 0. The van der Waals surface area contributed by atoms with Gasteiger partial charge >= 0.3 is 0 Å². The predicted molar refractivity (Wildman–Crippen MR) is 111 cm³/mol. The van der Waals surface area contributed by atoms with Crippen LogP contribution in [-0.2, 0) is 24.2 Å². The predicted octanol–water partition coefficient (Wildman–Crippen LogP) is 2.14. The fourth-order valence-electron chi connectivity index (χ4n) is 3.51. The Morgan fingerprint density at radius 2 is 2.07 bits per heavy atom. The van der Waals surface area contributed by atoms with Gasteiger partial charge in [-0.3, -0.25) is 14.6 Å². The maximum atomic E-state index is 12.7. The Morgan fingerprint density at radius 3 is 2.80 bits per heavy atom. The fourth-order valence-corrected chi connectivity index (χ4v) is 3.51. The van der Waals surface area contributed by atoms with E-state index < -0.39 is 0 Å². The van der Waals surface area contributed by atoms with Crippen molar-refractivity contribution in [3.8, 4) is 17.3 Å². The number of hydrogen-bond donors (Lipinski definition) is 1. The summed E-state index contributed by atoms with van der Waals surface area (Å²) in [4.78, 5) is 42.5. The molecule has 154 valence electrons. The number of ether oxygens (including phenoxy) is 1. The molecule has 8 heteroatoms. The number of benzene rings is 1. The van der Waals surface area contributed by atoms with E-state index in [1.807, 2.05) is 31.2 Å². The van der Waals surface area contributed by atoms with Crippen LogP contribution in [0, 0.1) is 0 Å². The van der Waals surface area contributed by atoms with Crippen LogP contribution in [0.2, 0.25) is 0 Å². The zero-order chi connectivity index (χ0) is 20.9. The molecular weight excluding hydrogens is 382 g/mol. The summed E-state index contributed by atoms with van der Waals surface area (Å²) in [5.41, 5.74) is 2.63. The van der Waals surface area contributed by atoms with Crippen molar-refractivity contribution < 1.29 is 9.53 Å². The summed E-state index contributed by atoms with van der Waals surface area (Å²) in [6, 6.07) is 7.79. The number of fused-ring (bicyclic) bond motifs is 1. The van der Waals surface area contributed by atoms with Crippen molar-refractivity contribution in [3.05, 3.63) is 70.0 Å². The second-order valence-electron chi connectivity index (χ2n) is 7.07. The number of carbonyl (C=O) groups excluding carboxylic acids is 1. The highest BCUT2D eigenvalue weighted by molar-refractivity contribution is 5.76. The Morgan fingerprint density at radius 1 is 1.23 bits per heavy atom. The summed E-state index contributed by atoms with van der Waals surface area (Å²) in [6.45, 7) is 3.40. The van der Waals surface area contributed by atoms with E-state index in [0.717, 1.165) is 17.0 Å². The number of aromatic nitrogens is 4. The molecule has 8 nitrogen and oxygen atoms in total. The van der Waals surface area contributed by atoms with Crippen molar-refractivity contribution in [2.24, 2.45) is 0 Å². The first-order chi connectivity index (χ1) is 14.6. The normalized spacial score (nSPS) is 13.0. The number of rotatable bonds is 6. The van der Waals surface area contributed by atoms with Crippen LogP contribution in [0.25, 0.3) is 11.5 Å². The lowest BCUT2D eigenvalue weighted by molar-refractivity contribution is -0.132. The molecule has 0 radical (unpaired) electrons. The molecule has 3 aromatic rings. The molecule has 0 spiro atoms. The van der Waals surface area contributed by atoms with Crippen molar-refractivity contribution in [3.63, 3.8) is 0 Å². The highest BCUT2D eigenvalue weighted by Gasteiger charge is 2.24. The molecule has 0 saturated carbocycles. The average Bonchev–Trinajstić information content (AvgIpc) is 2.79. The first-order valence-corrected chi connectivity index (χ1v) is 10.0. The molecule has 1 aromatic carbocycles. The average molecular weight is 405 g/mol. The summed E-state index contributed by atoms with van der Waals surface area (Å²) in [6.07, 6.45) is 6.27. The third-order valence-electron chi connectivity index (χ3n) is 5.09. The van der Waals surface area contributed by atoms with Crippen LogP contribution in [0.4, 0.5) is 0 Å². The Kier molecular flexibility index (Phi) is 5.83. The highest BCUT2D eigenvalue weighted by Crippen LogP contribution is 2.19.